The number of aromatic hydroxyl groups is 1. The summed E-state index contributed by atoms with van der Waals surface area (Å²) in [5.74, 6) is -0.759. The maximum atomic E-state index is 14.0. The van der Waals surface area contributed by atoms with Crippen molar-refractivity contribution in [3.05, 3.63) is 105 Å². The summed E-state index contributed by atoms with van der Waals surface area (Å²) < 4.78 is 29.1. The minimum Gasteiger partial charge on any atom is -0.492 e. The molecule has 1 aliphatic carbocycles. The second-order valence-corrected chi connectivity index (χ2v) is 12.1. The molecular weight excluding hydrogens is 552 g/mol. The van der Waals surface area contributed by atoms with E-state index in [0.717, 1.165) is 17.5 Å². The van der Waals surface area contributed by atoms with Crippen LogP contribution in [-0.2, 0) is 22.7 Å². The van der Waals surface area contributed by atoms with Crippen molar-refractivity contribution < 1.29 is 18.3 Å². The maximum Gasteiger partial charge on any atom is 0.277 e. The smallest absolute Gasteiger partial charge is 0.277 e. The maximum absolute atomic E-state index is 14.0. The summed E-state index contributed by atoms with van der Waals surface area (Å²) in [6, 6.07) is 19.8. The Labute approximate surface area is 244 Å². The molecule has 0 radical (unpaired) electrons. The van der Waals surface area contributed by atoms with E-state index in [0.29, 0.717) is 53.8 Å². The molecule has 0 fully saturated rings. The minimum absolute atomic E-state index is 0.172. The Morgan fingerprint density at radius 3 is 2.57 bits per heavy atom. The number of unbranched alkanes of at least 4 members (excludes halogenated alkanes) is 1. The average molecular weight is 583 g/mol. The van der Waals surface area contributed by atoms with E-state index in [1.165, 1.54) is 23.7 Å². The van der Waals surface area contributed by atoms with Gasteiger partial charge in [0.1, 0.15) is 5.82 Å². The van der Waals surface area contributed by atoms with E-state index < -0.39 is 32.2 Å². The van der Waals surface area contributed by atoms with Gasteiger partial charge in [-0.25, -0.2) is 8.42 Å². The van der Waals surface area contributed by atoms with Gasteiger partial charge in [-0.3, -0.25) is 14.2 Å². The number of aromatic nitrogens is 2. The van der Waals surface area contributed by atoms with Crippen LogP contribution in [0.5, 0.6) is 5.88 Å². The van der Waals surface area contributed by atoms with Crippen molar-refractivity contribution in [1.82, 2.24) is 14.9 Å². The molecule has 1 aromatic heterocycles. The van der Waals surface area contributed by atoms with Crippen LogP contribution in [0.15, 0.2) is 81.3 Å². The van der Waals surface area contributed by atoms with Crippen molar-refractivity contribution in [2.75, 3.05) is 7.05 Å². The van der Waals surface area contributed by atoms with E-state index in [1.807, 2.05) is 13.0 Å². The van der Waals surface area contributed by atoms with Gasteiger partial charge in [0.2, 0.25) is 15.7 Å². The summed E-state index contributed by atoms with van der Waals surface area (Å²) in [5.41, 5.74) is 3.23. The number of hydrogen-bond acceptors (Lipinski definition) is 7. The van der Waals surface area contributed by atoms with Crippen LogP contribution in [0.2, 0.25) is 0 Å². The van der Waals surface area contributed by atoms with Gasteiger partial charge in [0, 0.05) is 19.0 Å². The standard InChI is InChI=1S/C32H30N4O5S/c1-3-4-8-28-35-31(38)29(32(39)36(28)27-16-13-22-10-9-20(19-33)17-26(22)27)42(40,41)25-14-11-21(12-15-25)23-6-5-7-24(18-23)30(37)34-2/h5-7,9-12,14-15,17-18,27,38H,3-4,8,13,16H2,1-2H3,(H,34,37)/t27-/m1/s1. The van der Waals surface area contributed by atoms with Gasteiger partial charge >= 0.3 is 0 Å². The Hall–Kier alpha value is -4.75. The first-order chi connectivity index (χ1) is 20.2. The fourth-order valence-corrected chi connectivity index (χ4v) is 6.81. The average Bonchev–Trinajstić information content (AvgIpc) is 3.42. The minimum atomic E-state index is -4.47. The summed E-state index contributed by atoms with van der Waals surface area (Å²) in [6.45, 7) is 1.99. The van der Waals surface area contributed by atoms with Gasteiger partial charge in [0.05, 0.1) is 22.6 Å². The Morgan fingerprint density at radius 1 is 1.12 bits per heavy atom. The fraction of sp³-hybridized carbons (Fsp3) is 0.250. The van der Waals surface area contributed by atoms with Crippen LogP contribution >= 0.6 is 0 Å². The first-order valence-electron chi connectivity index (χ1n) is 13.7. The number of nitrogens with zero attached hydrogens (tertiary/aromatic N) is 3. The van der Waals surface area contributed by atoms with Gasteiger partial charge in [-0.15, -0.1) is 0 Å². The number of sulfone groups is 1. The molecule has 1 amide bonds. The van der Waals surface area contributed by atoms with Crippen LogP contribution in [0, 0.1) is 11.3 Å². The number of amides is 1. The molecule has 0 aliphatic heterocycles. The molecule has 3 aromatic carbocycles. The van der Waals surface area contributed by atoms with Crippen LogP contribution in [0.3, 0.4) is 0 Å². The van der Waals surface area contributed by atoms with Crippen molar-refractivity contribution >= 4 is 15.7 Å². The van der Waals surface area contributed by atoms with Gasteiger partial charge in [-0.2, -0.15) is 10.2 Å². The summed E-state index contributed by atoms with van der Waals surface area (Å²) >= 11 is 0. The Kier molecular flexibility index (Phi) is 7.96. The number of aryl methyl sites for hydroxylation is 2. The highest BCUT2D eigenvalue weighted by molar-refractivity contribution is 7.91. The summed E-state index contributed by atoms with van der Waals surface area (Å²) in [5, 5.41) is 22.9. The molecule has 2 N–H and O–H groups in total. The number of hydrogen-bond donors (Lipinski definition) is 2. The lowest BCUT2D eigenvalue weighted by atomic mass is 10.0. The molecule has 1 aliphatic rings. The number of nitrogens with one attached hydrogen (secondary N) is 1. The number of carbonyl (C=O) groups excluding carboxylic acids is 1. The molecule has 4 aromatic rings. The number of fused-ring (bicyclic) bond motifs is 1. The zero-order valence-corrected chi connectivity index (χ0v) is 24.1. The molecule has 42 heavy (non-hydrogen) atoms. The van der Waals surface area contributed by atoms with Gasteiger partial charge in [0.15, 0.2) is 4.90 Å². The topological polar surface area (TPSA) is 142 Å². The zero-order chi connectivity index (χ0) is 30.0. The quantitative estimate of drug-likeness (QED) is 0.310. The van der Waals surface area contributed by atoms with Gasteiger partial charge in [-0.05, 0) is 77.9 Å². The van der Waals surface area contributed by atoms with E-state index in [4.69, 9.17) is 0 Å². The van der Waals surface area contributed by atoms with Crippen molar-refractivity contribution in [1.29, 1.82) is 5.26 Å². The van der Waals surface area contributed by atoms with E-state index in [9.17, 15) is 28.4 Å². The highest BCUT2D eigenvalue weighted by Gasteiger charge is 2.34. The number of carbonyl (C=O) groups is 1. The van der Waals surface area contributed by atoms with E-state index in [2.05, 4.69) is 16.4 Å². The van der Waals surface area contributed by atoms with Gasteiger partial charge < -0.3 is 10.4 Å². The lowest BCUT2D eigenvalue weighted by molar-refractivity contribution is 0.0963. The fourth-order valence-electron chi connectivity index (χ4n) is 5.46. The van der Waals surface area contributed by atoms with Crippen molar-refractivity contribution in [3.8, 4) is 23.1 Å². The molecule has 214 valence electrons. The van der Waals surface area contributed by atoms with Crippen LogP contribution in [0.4, 0.5) is 0 Å². The van der Waals surface area contributed by atoms with Crippen molar-refractivity contribution in [2.24, 2.45) is 0 Å². The predicted molar refractivity (Wildman–Crippen MR) is 157 cm³/mol. The number of nitriles is 1. The first-order valence-corrected chi connectivity index (χ1v) is 15.2. The molecule has 0 bridgehead atoms. The molecule has 0 unspecified atom stereocenters. The Morgan fingerprint density at radius 2 is 1.88 bits per heavy atom. The molecule has 1 heterocycles. The van der Waals surface area contributed by atoms with Crippen LogP contribution < -0.4 is 10.9 Å². The number of rotatable bonds is 8. The zero-order valence-electron chi connectivity index (χ0n) is 23.3. The third kappa shape index (κ3) is 5.19. The molecule has 9 nitrogen and oxygen atoms in total. The second-order valence-electron chi connectivity index (χ2n) is 10.2. The Bertz CT molecular complexity index is 1890. The summed E-state index contributed by atoms with van der Waals surface area (Å²) in [6.07, 6.45) is 3.09. The van der Waals surface area contributed by atoms with E-state index in [1.54, 1.807) is 48.5 Å². The SMILES string of the molecule is CCCCc1nc(O)c(S(=O)(=O)c2ccc(-c3cccc(C(=O)NC)c3)cc2)c(=O)n1[C@@H]1CCc2ccc(C#N)cc21. The monoisotopic (exact) mass is 582 g/mol. The van der Waals surface area contributed by atoms with Crippen LogP contribution in [0.1, 0.15) is 65.1 Å². The third-order valence-electron chi connectivity index (χ3n) is 7.63. The highest BCUT2D eigenvalue weighted by atomic mass is 32.2. The predicted octanol–water partition coefficient (Wildman–Crippen LogP) is 4.56. The van der Waals surface area contributed by atoms with Crippen LogP contribution in [0.25, 0.3) is 11.1 Å². The van der Waals surface area contributed by atoms with Gasteiger partial charge in [0.25, 0.3) is 11.5 Å². The second kappa shape index (κ2) is 11.6. The summed E-state index contributed by atoms with van der Waals surface area (Å²) in [7, 11) is -2.93. The summed E-state index contributed by atoms with van der Waals surface area (Å²) in [4.78, 5) is 29.4. The van der Waals surface area contributed by atoms with Crippen molar-refractivity contribution in [3.63, 3.8) is 0 Å². The van der Waals surface area contributed by atoms with Gasteiger partial charge in [-0.1, -0.05) is 43.7 Å². The molecule has 10 heteroatoms. The molecular formula is C32H30N4O5S. The molecule has 0 spiro atoms. The first kappa shape index (κ1) is 28.8. The highest BCUT2D eigenvalue weighted by Crippen LogP contribution is 2.36. The third-order valence-corrected chi connectivity index (χ3v) is 9.42. The number of benzene rings is 3. The molecule has 0 saturated heterocycles. The lowest BCUT2D eigenvalue weighted by Crippen LogP contribution is -2.33. The van der Waals surface area contributed by atoms with Crippen molar-refractivity contribution in [2.45, 2.75) is 54.9 Å². The molecule has 1 atom stereocenters. The Balaban J connectivity index is 1.60. The lowest BCUT2D eigenvalue weighted by Gasteiger charge is -2.21. The molecule has 0 saturated carbocycles. The van der Waals surface area contributed by atoms with Crippen LogP contribution in [-0.4, -0.2) is 36.0 Å². The molecule has 5 rings (SSSR count). The largest absolute Gasteiger partial charge is 0.492 e. The van der Waals surface area contributed by atoms with E-state index in [-0.39, 0.29) is 10.8 Å². The van der Waals surface area contributed by atoms with E-state index >= 15 is 0 Å². The normalized spacial score (nSPS) is 14.3.